The van der Waals surface area contributed by atoms with Gasteiger partial charge >= 0.3 is 11.9 Å². The number of rotatable bonds is 8. The number of hydrogen-bond donors (Lipinski definition) is 3. The number of likely N-dealkylation sites (tertiary alicyclic amines) is 1. The molecule has 122 valence electrons. The predicted molar refractivity (Wildman–Crippen MR) is 75.8 cm³/mol. The van der Waals surface area contributed by atoms with Crippen LogP contribution in [0.15, 0.2) is 0 Å². The molecule has 1 fully saturated rings. The summed E-state index contributed by atoms with van der Waals surface area (Å²) in [6.45, 7) is 2.08. The van der Waals surface area contributed by atoms with Crippen LogP contribution < -0.4 is 5.32 Å². The minimum Gasteiger partial charge on any atom is -0.481 e. The highest BCUT2D eigenvalue weighted by molar-refractivity contribution is 5.85. The van der Waals surface area contributed by atoms with Crippen LogP contribution in [0.2, 0.25) is 0 Å². The van der Waals surface area contributed by atoms with Gasteiger partial charge in [-0.2, -0.15) is 5.26 Å². The maximum absolute atomic E-state index is 12.1. The van der Waals surface area contributed by atoms with Gasteiger partial charge in [0.15, 0.2) is 0 Å². The Kier molecular flexibility index (Phi) is 7.32. The summed E-state index contributed by atoms with van der Waals surface area (Å²) >= 11 is 0. The van der Waals surface area contributed by atoms with E-state index in [-0.39, 0.29) is 24.7 Å². The molecule has 1 unspecified atom stereocenters. The summed E-state index contributed by atoms with van der Waals surface area (Å²) in [5.41, 5.74) is 0. The van der Waals surface area contributed by atoms with E-state index in [1.165, 1.54) is 0 Å². The Hall–Kier alpha value is -2.14. The third-order valence-corrected chi connectivity index (χ3v) is 3.76. The molecule has 0 bridgehead atoms. The molecule has 8 heteroatoms. The minimum absolute atomic E-state index is 0.128. The van der Waals surface area contributed by atoms with Crippen molar-refractivity contribution in [1.82, 2.24) is 10.2 Å². The molecular formula is C14H21N3O5. The number of hydrogen-bond acceptors (Lipinski definition) is 5. The molecule has 1 saturated heterocycles. The normalized spacial score (nSPS) is 17.4. The Morgan fingerprint density at radius 1 is 1.27 bits per heavy atom. The number of carboxylic acids is 2. The number of amides is 1. The van der Waals surface area contributed by atoms with Crippen molar-refractivity contribution in [1.29, 1.82) is 5.26 Å². The molecule has 1 aliphatic heterocycles. The minimum atomic E-state index is -1.22. The van der Waals surface area contributed by atoms with Gasteiger partial charge in [-0.3, -0.25) is 9.59 Å². The largest absolute Gasteiger partial charge is 0.481 e. The zero-order chi connectivity index (χ0) is 16.5. The number of aliphatic carboxylic acids is 2. The van der Waals surface area contributed by atoms with Crippen LogP contribution >= 0.6 is 0 Å². The van der Waals surface area contributed by atoms with Gasteiger partial charge in [0.2, 0.25) is 5.91 Å². The van der Waals surface area contributed by atoms with Crippen LogP contribution in [0, 0.1) is 17.2 Å². The Labute approximate surface area is 128 Å². The lowest BCUT2D eigenvalue weighted by molar-refractivity contribution is -0.144. The Morgan fingerprint density at radius 3 is 2.41 bits per heavy atom. The maximum atomic E-state index is 12.1. The lowest BCUT2D eigenvalue weighted by atomic mass is 9.95. The Morgan fingerprint density at radius 2 is 1.91 bits per heavy atom. The van der Waals surface area contributed by atoms with Crippen molar-refractivity contribution in [3.63, 3.8) is 0 Å². The summed E-state index contributed by atoms with van der Waals surface area (Å²) in [4.78, 5) is 35.7. The van der Waals surface area contributed by atoms with Gasteiger partial charge in [0, 0.05) is 25.3 Å². The Bertz CT molecular complexity index is 452. The highest BCUT2D eigenvalue weighted by Gasteiger charge is 2.28. The molecule has 8 nitrogen and oxygen atoms in total. The van der Waals surface area contributed by atoms with Crippen molar-refractivity contribution in [3.05, 3.63) is 0 Å². The van der Waals surface area contributed by atoms with Gasteiger partial charge in [0.1, 0.15) is 6.04 Å². The second kappa shape index (κ2) is 9.00. The monoisotopic (exact) mass is 311 g/mol. The number of carbonyl (C=O) groups is 3. The number of nitrogens with one attached hydrogen (secondary N) is 1. The summed E-state index contributed by atoms with van der Waals surface area (Å²) < 4.78 is 0. The smallest absolute Gasteiger partial charge is 0.326 e. The van der Waals surface area contributed by atoms with Crippen molar-refractivity contribution in [2.24, 2.45) is 5.92 Å². The topological polar surface area (TPSA) is 131 Å². The molecule has 22 heavy (non-hydrogen) atoms. The van der Waals surface area contributed by atoms with Crippen LogP contribution in [0.4, 0.5) is 0 Å². The molecule has 0 radical (unpaired) electrons. The molecule has 1 rings (SSSR count). The third kappa shape index (κ3) is 6.10. The van der Waals surface area contributed by atoms with E-state index in [2.05, 4.69) is 16.3 Å². The fraction of sp³-hybridized carbons (Fsp3) is 0.714. The third-order valence-electron chi connectivity index (χ3n) is 3.76. The second-order valence-electron chi connectivity index (χ2n) is 5.36. The van der Waals surface area contributed by atoms with E-state index in [0.29, 0.717) is 38.9 Å². The van der Waals surface area contributed by atoms with Gasteiger partial charge in [-0.05, 0) is 32.4 Å². The molecule has 0 spiro atoms. The molecular weight excluding hydrogens is 290 g/mol. The quantitative estimate of drug-likeness (QED) is 0.577. The predicted octanol–water partition coefficient (Wildman–Crippen LogP) is 0.0463. The van der Waals surface area contributed by atoms with Crippen LogP contribution in [-0.2, 0) is 14.4 Å². The molecule has 0 aromatic carbocycles. The molecule has 0 aromatic heterocycles. The van der Waals surface area contributed by atoms with Crippen molar-refractivity contribution in [3.8, 4) is 6.07 Å². The molecule has 1 amide bonds. The molecule has 1 aliphatic rings. The summed E-state index contributed by atoms with van der Waals surface area (Å²) in [5.74, 6) is -2.91. The van der Waals surface area contributed by atoms with Gasteiger partial charge in [0.25, 0.3) is 0 Å². The van der Waals surface area contributed by atoms with Gasteiger partial charge in [-0.25, -0.2) is 4.79 Å². The van der Waals surface area contributed by atoms with Crippen LogP contribution in [-0.4, -0.2) is 58.6 Å². The van der Waals surface area contributed by atoms with E-state index in [4.69, 9.17) is 15.5 Å². The number of nitriles is 1. The standard InChI is InChI=1S/C14H21N3O5/c15-6-1-7-17-8-4-10(5-9-17)13(20)16-11(14(21)22)2-3-12(18)19/h10-11H,1-5,7-9H2,(H,16,20)(H,18,19)(H,21,22). The molecule has 1 atom stereocenters. The fourth-order valence-corrected chi connectivity index (χ4v) is 2.44. The first-order chi connectivity index (χ1) is 10.4. The average Bonchev–Trinajstić information content (AvgIpc) is 2.49. The summed E-state index contributed by atoms with van der Waals surface area (Å²) in [6.07, 6.45) is 1.25. The Balaban J connectivity index is 2.42. The van der Waals surface area contributed by atoms with Crippen LogP contribution in [0.5, 0.6) is 0 Å². The van der Waals surface area contributed by atoms with Gasteiger partial charge in [-0.1, -0.05) is 0 Å². The number of carboxylic acid groups (broad SMARTS) is 2. The van der Waals surface area contributed by atoms with Crippen molar-refractivity contribution < 1.29 is 24.6 Å². The first-order valence-corrected chi connectivity index (χ1v) is 7.28. The number of nitrogens with zero attached hydrogens (tertiary/aromatic N) is 2. The summed E-state index contributed by atoms with van der Waals surface area (Å²) in [7, 11) is 0. The van der Waals surface area contributed by atoms with Crippen molar-refractivity contribution in [2.45, 2.75) is 38.1 Å². The van der Waals surface area contributed by atoms with Crippen LogP contribution in [0.3, 0.4) is 0 Å². The van der Waals surface area contributed by atoms with E-state index < -0.39 is 18.0 Å². The number of piperidine rings is 1. The van der Waals surface area contributed by atoms with Gasteiger partial charge < -0.3 is 20.4 Å². The SMILES string of the molecule is N#CCCN1CCC(C(=O)NC(CCC(=O)O)C(=O)O)CC1. The zero-order valence-electron chi connectivity index (χ0n) is 12.3. The second-order valence-corrected chi connectivity index (χ2v) is 5.36. The first kappa shape index (κ1) is 17.9. The van der Waals surface area contributed by atoms with Gasteiger partial charge in [-0.15, -0.1) is 0 Å². The van der Waals surface area contributed by atoms with E-state index in [1.807, 2.05) is 0 Å². The van der Waals surface area contributed by atoms with Crippen LogP contribution in [0.25, 0.3) is 0 Å². The molecule has 1 heterocycles. The van der Waals surface area contributed by atoms with E-state index in [9.17, 15) is 14.4 Å². The van der Waals surface area contributed by atoms with Crippen molar-refractivity contribution in [2.75, 3.05) is 19.6 Å². The molecule has 3 N–H and O–H groups in total. The zero-order valence-corrected chi connectivity index (χ0v) is 12.3. The lowest BCUT2D eigenvalue weighted by Gasteiger charge is -2.31. The molecule has 0 aromatic rings. The van der Waals surface area contributed by atoms with E-state index >= 15 is 0 Å². The highest BCUT2D eigenvalue weighted by Crippen LogP contribution is 2.18. The molecule has 0 aliphatic carbocycles. The highest BCUT2D eigenvalue weighted by atomic mass is 16.4. The molecule has 0 saturated carbocycles. The van der Waals surface area contributed by atoms with E-state index in [1.54, 1.807) is 0 Å². The summed E-state index contributed by atoms with van der Waals surface area (Å²) in [6, 6.07) is 0.910. The maximum Gasteiger partial charge on any atom is 0.326 e. The van der Waals surface area contributed by atoms with E-state index in [0.717, 1.165) is 0 Å². The fourth-order valence-electron chi connectivity index (χ4n) is 2.44. The average molecular weight is 311 g/mol. The van der Waals surface area contributed by atoms with Crippen LogP contribution in [0.1, 0.15) is 32.1 Å². The number of carbonyl (C=O) groups excluding carboxylic acids is 1. The van der Waals surface area contributed by atoms with Gasteiger partial charge in [0.05, 0.1) is 6.07 Å². The lowest BCUT2D eigenvalue weighted by Crippen LogP contribution is -2.46. The first-order valence-electron chi connectivity index (χ1n) is 7.28. The van der Waals surface area contributed by atoms with Crippen molar-refractivity contribution >= 4 is 17.8 Å². The summed E-state index contributed by atoms with van der Waals surface area (Å²) in [5, 5.41) is 28.6.